The van der Waals surface area contributed by atoms with Crippen LogP contribution >= 0.6 is 0 Å². The highest BCUT2D eigenvalue weighted by atomic mass is 16.3. The topological polar surface area (TPSA) is 37.3 Å². The zero-order valence-electron chi connectivity index (χ0n) is 7.55. The molecule has 0 bridgehead atoms. The lowest BCUT2D eigenvalue weighted by molar-refractivity contribution is -0.128. The summed E-state index contributed by atoms with van der Waals surface area (Å²) in [5, 5.41) is 9.45. The average molecular weight is 168 g/mol. The van der Waals surface area contributed by atoms with Crippen LogP contribution in [0.5, 0.6) is 0 Å². The summed E-state index contributed by atoms with van der Waals surface area (Å²) in [5.41, 5.74) is -0.0702. The van der Waals surface area contributed by atoms with Crippen LogP contribution in [0.15, 0.2) is 0 Å². The van der Waals surface area contributed by atoms with Crippen molar-refractivity contribution in [2.24, 2.45) is 11.3 Å². The van der Waals surface area contributed by atoms with E-state index in [1.165, 1.54) is 0 Å². The molecule has 0 radical (unpaired) electrons. The van der Waals surface area contributed by atoms with Gasteiger partial charge in [-0.3, -0.25) is 4.79 Å². The van der Waals surface area contributed by atoms with Crippen molar-refractivity contribution in [3.8, 4) is 0 Å². The molecule has 2 saturated carbocycles. The Morgan fingerprint density at radius 3 is 3.00 bits per heavy atom. The Labute approximate surface area is 73.0 Å². The number of aliphatic hydroxyl groups excluding tert-OH is 1. The summed E-state index contributed by atoms with van der Waals surface area (Å²) >= 11 is 0. The second-order valence-corrected chi connectivity index (χ2v) is 4.50. The molecule has 0 spiro atoms. The number of Topliss-reactive ketones (excluding diaryl/α,β-unsaturated/α-hetero) is 1. The largest absolute Gasteiger partial charge is 0.393 e. The highest BCUT2D eigenvalue weighted by Crippen LogP contribution is 2.49. The molecule has 68 valence electrons. The zero-order chi connectivity index (χ0) is 8.77. The molecule has 2 rings (SSSR count). The van der Waals surface area contributed by atoms with Crippen LogP contribution in [0.1, 0.15) is 39.0 Å². The molecule has 2 fully saturated rings. The van der Waals surface area contributed by atoms with E-state index in [0.717, 1.165) is 32.1 Å². The minimum atomic E-state index is -0.144. The summed E-state index contributed by atoms with van der Waals surface area (Å²) in [4.78, 5) is 11.6. The van der Waals surface area contributed by atoms with Gasteiger partial charge in [-0.2, -0.15) is 0 Å². The van der Waals surface area contributed by atoms with Gasteiger partial charge in [0, 0.05) is 11.8 Å². The summed E-state index contributed by atoms with van der Waals surface area (Å²) in [6, 6.07) is 0. The molecule has 2 heteroatoms. The minimum absolute atomic E-state index is 0.0702. The smallest absolute Gasteiger partial charge is 0.139 e. The van der Waals surface area contributed by atoms with E-state index in [2.05, 4.69) is 6.92 Å². The van der Waals surface area contributed by atoms with Crippen molar-refractivity contribution in [1.82, 2.24) is 0 Å². The molecule has 0 heterocycles. The van der Waals surface area contributed by atoms with E-state index in [-0.39, 0.29) is 11.5 Å². The van der Waals surface area contributed by atoms with Gasteiger partial charge < -0.3 is 5.11 Å². The Morgan fingerprint density at radius 2 is 2.25 bits per heavy atom. The molecule has 0 saturated heterocycles. The highest BCUT2D eigenvalue weighted by molar-refractivity contribution is 5.87. The van der Waals surface area contributed by atoms with Gasteiger partial charge in [-0.25, -0.2) is 0 Å². The second-order valence-electron chi connectivity index (χ2n) is 4.50. The van der Waals surface area contributed by atoms with Gasteiger partial charge in [-0.05, 0) is 31.6 Å². The van der Waals surface area contributed by atoms with Gasteiger partial charge in [-0.15, -0.1) is 0 Å². The van der Waals surface area contributed by atoms with Crippen LogP contribution in [0, 0.1) is 11.3 Å². The molecule has 2 aliphatic carbocycles. The standard InChI is InChI=1S/C10H16O2/c1-10-5-4-8(11)6-7(10)2-3-9(10)12/h7-8,11H,2-6H2,1H3/t7-,8-,10?/m0/s1. The van der Waals surface area contributed by atoms with Crippen molar-refractivity contribution in [2.75, 3.05) is 0 Å². The molecule has 0 aromatic rings. The van der Waals surface area contributed by atoms with Gasteiger partial charge >= 0.3 is 0 Å². The van der Waals surface area contributed by atoms with Gasteiger partial charge in [0.05, 0.1) is 6.10 Å². The maximum Gasteiger partial charge on any atom is 0.139 e. The van der Waals surface area contributed by atoms with E-state index in [1.54, 1.807) is 0 Å². The van der Waals surface area contributed by atoms with Crippen LogP contribution in [0.2, 0.25) is 0 Å². The number of carbonyl (C=O) groups is 1. The van der Waals surface area contributed by atoms with E-state index in [1.807, 2.05) is 0 Å². The van der Waals surface area contributed by atoms with Gasteiger partial charge in [0.15, 0.2) is 0 Å². The number of ketones is 1. The minimum Gasteiger partial charge on any atom is -0.393 e. The number of fused-ring (bicyclic) bond motifs is 1. The summed E-state index contributed by atoms with van der Waals surface area (Å²) in [6.07, 6.45) is 4.17. The highest BCUT2D eigenvalue weighted by Gasteiger charge is 2.48. The summed E-state index contributed by atoms with van der Waals surface area (Å²) < 4.78 is 0. The maximum atomic E-state index is 11.6. The Morgan fingerprint density at radius 1 is 1.50 bits per heavy atom. The van der Waals surface area contributed by atoms with Gasteiger partial charge in [-0.1, -0.05) is 6.92 Å². The first-order valence-electron chi connectivity index (χ1n) is 4.84. The lowest BCUT2D eigenvalue weighted by Gasteiger charge is -2.36. The van der Waals surface area contributed by atoms with Crippen LogP contribution in [-0.2, 0) is 4.79 Å². The van der Waals surface area contributed by atoms with E-state index in [9.17, 15) is 9.90 Å². The first kappa shape index (κ1) is 8.24. The van der Waals surface area contributed by atoms with Crippen molar-refractivity contribution < 1.29 is 9.90 Å². The quantitative estimate of drug-likeness (QED) is 0.595. The molecule has 3 atom stereocenters. The van der Waals surface area contributed by atoms with Crippen LogP contribution in [0.4, 0.5) is 0 Å². The molecular weight excluding hydrogens is 152 g/mol. The monoisotopic (exact) mass is 168 g/mol. The number of hydrogen-bond acceptors (Lipinski definition) is 2. The third kappa shape index (κ3) is 1.01. The van der Waals surface area contributed by atoms with Crippen molar-refractivity contribution in [2.45, 2.75) is 45.1 Å². The van der Waals surface area contributed by atoms with Gasteiger partial charge in [0.1, 0.15) is 5.78 Å². The fraction of sp³-hybridized carbons (Fsp3) is 0.900. The molecule has 2 aliphatic rings. The molecule has 2 nitrogen and oxygen atoms in total. The molecule has 1 unspecified atom stereocenters. The summed E-state index contributed by atoms with van der Waals surface area (Å²) in [5.74, 6) is 0.896. The second kappa shape index (κ2) is 2.56. The Bertz CT molecular complexity index is 212. The van der Waals surface area contributed by atoms with Crippen molar-refractivity contribution >= 4 is 5.78 Å². The number of hydrogen-bond donors (Lipinski definition) is 1. The number of carbonyl (C=O) groups excluding carboxylic acids is 1. The Balaban J connectivity index is 2.19. The summed E-state index contributed by atoms with van der Waals surface area (Å²) in [7, 11) is 0. The SMILES string of the molecule is CC12CC[C@H](O)C[C@@H]1CCC2=O. The Hall–Kier alpha value is -0.370. The van der Waals surface area contributed by atoms with Gasteiger partial charge in [0.2, 0.25) is 0 Å². The molecule has 0 aliphatic heterocycles. The van der Waals surface area contributed by atoms with Crippen molar-refractivity contribution in [3.63, 3.8) is 0 Å². The fourth-order valence-corrected chi connectivity index (χ4v) is 2.77. The van der Waals surface area contributed by atoms with Crippen LogP contribution < -0.4 is 0 Å². The van der Waals surface area contributed by atoms with Crippen LogP contribution in [0.25, 0.3) is 0 Å². The molecule has 0 amide bonds. The first-order valence-corrected chi connectivity index (χ1v) is 4.84. The van der Waals surface area contributed by atoms with Crippen molar-refractivity contribution in [1.29, 1.82) is 0 Å². The predicted molar refractivity (Wildman–Crippen MR) is 45.7 cm³/mol. The normalized spacial score (nSPS) is 47.7. The Kier molecular flexibility index (Phi) is 1.76. The molecule has 0 aromatic carbocycles. The van der Waals surface area contributed by atoms with Crippen LogP contribution in [-0.4, -0.2) is 17.0 Å². The van der Waals surface area contributed by atoms with E-state index >= 15 is 0 Å². The van der Waals surface area contributed by atoms with Gasteiger partial charge in [0.25, 0.3) is 0 Å². The summed E-state index contributed by atoms with van der Waals surface area (Å²) in [6.45, 7) is 2.08. The first-order chi connectivity index (χ1) is 5.63. The number of aliphatic hydroxyl groups is 1. The molecule has 12 heavy (non-hydrogen) atoms. The lowest BCUT2D eigenvalue weighted by Crippen LogP contribution is -2.36. The zero-order valence-corrected chi connectivity index (χ0v) is 7.55. The lowest BCUT2D eigenvalue weighted by atomic mass is 9.68. The maximum absolute atomic E-state index is 11.6. The van der Waals surface area contributed by atoms with E-state index in [0.29, 0.717) is 11.7 Å². The van der Waals surface area contributed by atoms with Crippen molar-refractivity contribution in [3.05, 3.63) is 0 Å². The molecule has 1 N–H and O–H groups in total. The average Bonchev–Trinajstić information content (AvgIpc) is 2.31. The third-order valence-corrected chi connectivity index (χ3v) is 3.81. The van der Waals surface area contributed by atoms with E-state index < -0.39 is 0 Å². The van der Waals surface area contributed by atoms with E-state index in [4.69, 9.17) is 0 Å². The predicted octanol–water partition coefficient (Wildman–Crippen LogP) is 1.52. The van der Waals surface area contributed by atoms with Crippen LogP contribution in [0.3, 0.4) is 0 Å². The molecule has 0 aromatic heterocycles. The number of rotatable bonds is 0. The molecular formula is C10H16O2. The third-order valence-electron chi connectivity index (χ3n) is 3.81. The fourth-order valence-electron chi connectivity index (χ4n) is 2.77.